The summed E-state index contributed by atoms with van der Waals surface area (Å²) in [5.41, 5.74) is 3.77. The molecule has 6 heteroatoms. The van der Waals surface area contributed by atoms with E-state index in [4.69, 9.17) is 4.74 Å². The molecule has 0 bridgehead atoms. The molecule has 5 nitrogen and oxygen atoms in total. The number of nitrogens with one attached hydrogen (secondary N) is 1. The maximum atomic E-state index is 13.0. The fourth-order valence-electron chi connectivity index (χ4n) is 3.77. The van der Waals surface area contributed by atoms with Crippen LogP contribution in [0, 0.1) is 5.92 Å². The lowest BCUT2D eigenvalue weighted by Crippen LogP contribution is -2.39. The number of rotatable bonds is 5. The molecular weight excluding hydrogens is 384 g/mol. The van der Waals surface area contributed by atoms with Crippen molar-refractivity contribution in [2.24, 2.45) is 5.92 Å². The minimum Gasteiger partial charge on any atom is -0.465 e. The molecule has 1 aliphatic rings. The van der Waals surface area contributed by atoms with Crippen molar-refractivity contribution in [3.8, 4) is 0 Å². The molecule has 2 aromatic carbocycles. The summed E-state index contributed by atoms with van der Waals surface area (Å²) < 4.78 is 4.84. The average molecular weight is 409 g/mol. The van der Waals surface area contributed by atoms with Crippen molar-refractivity contribution in [1.82, 2.24) is 9.88 Å². The molecule has 1 aromatic heterocycles. The fourth-order valence-corrected chi connectivity index (χ4v) is 4.70. The molecule has 0 radical (unpaired) electrons. The van der Waals surface area contributed by atoms with Gasteiger partial charge in [-0.05, 0) is 30.3 Å². The first-order valence-corrected chi connectivity index (χ1v) is 10.7. The van der Waals surface area contributed by atoms with Gasteiger partial charge in [0.2, 0.25) is 5.91 Å². The van der Waals surface area contributed by atoms with Crippen LogP contribution in [-0.2, 0) is 22.5 Å². The molecule has 2 heterocycles. The van der Waals surface area contributed by atoms with Crippen LogP contribution in [0.25, 0.3) is 10.9 Å². The minimum atomic E-state index is -0.350. The molecule has 1 aliphatic heterocycles. The number of carbonyl (C=O) groups is 2. The van der Waals surface area contributed by atoms with Gasteiger partial charge in [-0.2, -0.15) is 0 Å². The predicted octanol–water partition coefficient (Wildman–Crippen LogP) is 4.27. The van der Waals surface area contributed by atoms with Gasteiger partial charge in [0.25, 0.3) is 0 Å². The first-order chi connectivity index (χ1) is 14.1. The van der Waals surface area contributed by atoms with E-state index in [1.807, 2.05) is 42.2 Å². The normalized spacial score (nSPS) is 14.5. The van der Waals surface area contributed by atoms with E-state index in [1.165, 1.54) is 12.0 Å². The number of aromatic nitrogens is 1. The summed E-state index contributed by atoms with van der Waals surface area (Å²) in [6.45, 7) is 3.28. The van der Waals surface area contributed by atoms with Crippen LogP contribution in [0.5, 0.6) is 0 Å². The van der Waals surface area contributed by atoms with E-state index in [-0.39, 0.29) is 17.8 Å². The number of nitrogens with zero attached hydrogens (tertiary/aromatic N) is 1. The van der Waals surface area contributed by atoms with Crippen molar-refractivity contribution in [2.45, 2.75) is 24.8 Å². The van der Waals surface area contributed by atoms with E-state index >= 15 is 0 Å². The number of esters is 1. The van der Waals surface area contributed by atoms with Gasteiger partial charge in [0.15, 0.2) is 0 Å². The number of hydrogen-bond acceptors (Lipinski definition) is 4. The van der Waals surface area contributed by atoms with E-state index in [2.05, 4.69) is 17.1 Å². The topological polar surface area (TPSA) is 62.4 Å². The zero-order valence-electron chi connectivity index (χ0n) is 16.6. The second-order valence-corrected chi connectivity index (χ2v) is 8.46. The third-order valence-electron chi connectivity index (χ3n) is 5.37. The number of H-pyrrole nitrogens is 1. The summed E-state index contributed by atoms with van der Waals surface area (Å²) >= 11 is 1.71. The lowest BCUT2D eigenvalue weighted by molar-refractivity contribution is -0.135. The molecule has 0 saturated heterocycles. The number of carbonyl (C=O) groups excluding carboxylic acids is 2. The summed E-state index contributed by atoms with van der Waals surface area (Å²) in [5.74, 6) is 0.527. The molecule has 150 valence electrons. The molecular formula is C23H24N2O3S. The summed E-state index contributed by atoms with van der Waals surface area (Å²) in [5, 5.41) is 0.992. The third kappa shape index (κ3) is 4.03. The number of hydrogen-bond donors (Lipinski definition) is 1. The van der Waals surface area contributed by atoms with E-state index in [1.54, 1.807) is 17.8 Å². The lowest BCUT2D eigenvalue weighted by Gasteiger charge is -2.29. The Labute approximate surface area is 174 Å². The fraction of sp³-hybridized carbons (Fsp3) is 0.304. The number of methoxy groups -OCH3 is 1. The standard InChI is InChI=1S/C23H24N2O3S/c1-15(14-29-17-6-4-3-5-7-17)22(26)25-11-10-21-19(13-25)18-12-16(23(27)28-2)8-9-20(18)24-21/h3-9,12,15,24H,10-11,13-14H2,1-2H3. The summed E-state index contributed by atoms with van der Waals surface area (Å²) in [6.07, 6.45) is 0.794. The van der Waals surface area contributed by atoms with Crippen LogP contribution in [0.4, 0.5) is 0 Å². The lowest BCUT2D eigenvalue weighted by atomic mass is 10.0. The summed E-state index contributed by atoms with van der Waals surface area (Å²) in [6, 6.07) is 15.7. The molecule has 1 N–H and O–H groups in total. The van der Waals surface area contributed by atoms with E-state index in [0.717, 1.165) is 34.3 Å². The highest BCUT2D eigenvalue weighted by Crippen LogP contribution is 2.30. The van der Waals surface area contributed by atoms with E-state index in [0.29, 0.717) is 18.7 Å². The first-order valence-electron chi connectivity index (χ1n) is 9.75. The van der Waals surface area contributed by atoms with Gasteiger partial charge < -0.3 is 14.6 Å². The smallest absolute Gasteiger partial charge is 0.337 e. The Balaban J connectivity index is 1.49. The van der Waals surface area contributed by atoms with Gasteiger partial charge in [-0.25, -0.2) is 4.79 Å². The molecule has 0 fully saturated rings. The molecule has 3 aromatic rings. The van der Waals surface area contributed by atoms with Crippen LogP contribution in [0.3, 0.4) is 0 Å². The highest BCUT2D eigenvalue weighted by Gasteiger charge is 2.27. The van der Waals surface area contributed by atoms with Crippen LogP contribution in [0.1, 0.15) is 28.5 Å². The zero-order valence-corrected chi connectivity index (χ0v) is 17.4. The molecule has 4 rings (SSSR count). The molecule has 1 unspecified atom stereocenters. The van der Waals surface area contributed by atoms with Gasteiger partial charge in [-0.1, -0.05) is 25.1 Å². The Morgan fingerprint density at radius 3 is 2.76 bits per heavy atom. The van der Waals surface area contributed by atoms with Crippen LogP contribution in [0.2, 0.25) is 0 Å². The number of thioether (sulfide) groups is 1. The van der Waals surface area contributed by atoms with Crippen molar-refractivity contribution in [1.29, 1.82) is 0 Å². The van der Waals surface area contributed by atoms with Crippen molar-refractivity contribution >= 4 is 34.5 Å². The highest BCUT2D eigenvalue weighted by molar-refractivity contribution is 7.99. The second kappa shape index (κ2) is 8.33. The summed E-state index contributed by atoms with van der Waals surface area (Å²) in [7, 11) is 1.38. The average Bonchev–Trinajstić information content (AvgIpc) is 3.14. The van der Waals surface area contributed by atoms with Crippen LogP contribution in [-0.4, -0.2) is 41.2 Å². The predicted molar refractivity (Wildman–Crippen MR) is 115 cm³/mol. The SMILES string of the molecule is COC(=O)c1ccc2[nH]c3c(c2c1)CN(C(=O)C(C)CSc1ccccc1)CC3. The maximum absolute atomic E-state index is 13.0. The maximum Gasteiger partial charge on any atom is 0.337 e. The quantitative estimate of drug-likeness (QED) is 0.506. The second-order valence-electron chi connectivity index (χ2n) is 7.37. The molecule has 0 aliphatic carbocycles. The first kappa shape index (κ1) is 19.6. The van der Waals surface area contributed by atoms with Gasteiger partial charge in [-0.15, -0.1) is 11.8 Å². The van der Waals surface area contributed by atoms with Crippen LogP contribution >= 0.6 is 11.8 Å². The molecule has 1 amide bonds. The Hall–Kier alpha value is -2.73. The Morgan fingerprint density at radius 2 is 2.00 bits per heavy atom. The van der Waals surface area contributed by atoms with Crippen LogP contribution in [0.15, 0.2) is 53.4 Å². The molecule has 0 saturated carbocycles. The van der Waals surface area contributed by atoms with Crippen molar-refractivity contribution in [3.63, 3.8) is 0 Å². The van der Waals surface area contributed by atoms with Gasteiger partial charge in [0, 0.05) is 58.2 Å². The highest BCUT2D eigenvalue weighted by atomic mass is 32.2. The Bertz CT molecular complexity index is 1040. The van der Waals surface area contributed by atoms with Crippen molar-refractivity contribution in [3.05, 3.63) is 65.4 Å². The molecule has 1 atom stereocenters. The third-order valence-corrected chi connectivity index (χ3v) is 6.64. The van der Waals surface area contributed by atoms with E-state index in [9.17, 15) is 9.59 Å². The Morgan fingerprint density at radius 1 is 1.21 bits per heavy atom. The summed E-state index contributed by atoms with van der Waals surface area (Å²) in [4.78, 5) is 31.5. The number of benzene rings is 2. The minimum absolute atomic E-state index is 0.0578. The van der Waals surface area contributed by atoms with Gasteiger partial charge in [0.05, 0.1) is 12.7 Å². The van der Waals surface area contributed by atoms with Crippen molar-refractivity contribution in [2.75, 3.05) is 19.4 Å². The number of amides is 1. The largest absolute Gasteiger partial charge is 0.465 e. The Kier molecular flexibility index (Phi) is 5.62. The van der Waals surface area contributed by atoms with Gasteiger partial charge in [0.1, 0.15) is 0 Å². The number of fused-ring (bicyclic) bond motifs is 3. The molecule has 29 heavy (non-hydrogen) atoms. The molecule has 0 spiro atoms. The zero-order chi connectivity index (χ0) is 20.4. The van der Waals surface area contributed by atoms with Crippen molar-refractivity contribution < 1.29 is 14.3 Å². The van der Waals surface area contributed by atoms with Gasteiger partial charge in [-0.3, -0.25) is 4.79 Å². The van der Waals surface area contributed by atoms with Gasteiger partial charge >= 0.3 is 5.97 Å². The monoisotopic (exact) mass is 408 g/mol. The number of aromatic amines is 1. The van der Waals surface area contributed by atoms with Crippen LogP contribution < -0.4 is 0 Å². The van der Waals surface area contributed by atoms with E-state index < -0.39 is 0 Å². The number of ether oxygens (including phenoxy) is 1.